The Balaban J connectivity index is 2.05. The van der Waals surface area contributed by atoms with Crippen molar-refractivity contribution >= 4 is 17.6 Å². The van der Waals surface area contributed by atoms with Crippen LogP contribution in [-0.4, -0.2) is 28.0 Å². The van der Waals surface area contributed by atoms with Gasteiger partial charge in [-0.1, -0.05) is 24.3 Å². The third-order valence-electron chi connectivity index (χ3n) is 3.59. The molecule has 1 atom stereocenters. The second-order valence-electron chi connectivity index (χ2n) is 5.03. The molecule has 2 aromatic rings. The number of carboxylic acids is 1. The molecule has 1 amide bonds. The van der Waals surface area contributed by atoms with E-state index in [1.165, 1.54) is 4.90 Å². The van der Waals surface area contributed by atoms with Crippen molar-refractivity contribution in [2.75, 3.05) is 4.90 Å². The van der Waals surface area contributed by atoms with Crippen LogP contribution >= 0.6 is 0 Å². The SMILES string of the molecule is Cc1cccc(C(=O)N2c3ccccc3CC2C(=O)O)n1. The number of amides is 1. The summed E-state index contributed by atoms with van der Waals surface area (Å²) in [6, 6.07) is 11.5. The van der Waals surface area contributed by atoms with Crippen molar-refractivity contribution in [2.45, 2.75) is 19.4 Å². The number of rotatable bonds is 2. The van der Waals surface area contributed by atoms with Crippen molar-refractivity contribution < 1.29 is 14.7 Å². The highest BCUT2D eigenvalue weighted by molar-refractivity contribution is 6.09. The van der Waals surface area contributed by atoms with Gasteiger partial charge in [-0.3, -0.25) is 9.69 Å². The molecule has 1 aliphatic heterocycles. The molecular formula is C16H14N2O3. The monoisotopic (exact) mass is 282 g/mol. The maximum absolute atomic E-state index is 12.7. The molecular weight excluding hydrogens is 268 g/mol. The lowest BCUT2D eigenvalue weighted by Gasteiger charge is -2.22. The number of benzene rings is 1. The summed E-state index contributed by atoms with van der Waals surface area (Å²) in [5, 5.41) is 9.39. The standard InChI is InChI=1S/C16H14N2O3/c1-10-5-4-7-12(17-10)15(19)18-13-8-3-2-6-11(13)9-14(18)16(20)21/h2-8,14H,9H2,1H3,(H,20,21). The lowest BCUT2D eigenvalue weighted by atomic mass is 10.1. The van der Waals surface area contributed by atoms with Crippen LogP contribution in [-0.2, 0) is 11.2 Å². The number of nitrogens with zero attached hydrogens (tertiary/aromatic N) is 2. The molecule has 1 unspecified atom stereocenters. The molecule has 3 rings (SSSR count). The Labute approximate surface area is 121 Å². The van der Waals surface area contributed by atoms with Crippen molar-refractivity contribution in [1.29, 1.82) is 0 Å². The summed E-state index contributed by atoms with van der Waals surface area (Å²) in [5.74, 6) is -1.39. The average molecular weight is 282 g/mol. The molecule has 21 heavy (non-hydrogen) atoms. The van der Waals surface area contributed by atoms with Gasteiger partial charge in [0.05, 0.1) is 0 Å². The Morgan fingerprint density at radius 3 is 2.67 bits per heavy atom. The van der Waals surface area contributed by atoms with Gasteiger partial charge in [0.15, 0.2) is 0 Å². The van der Waals surface area contributed by atoms with Crippen LogP contribution in [0.3, 0.4) is 0 Å². The fourth-order valence-corrected chi connectivity index (χ4v) is 2.62. The minimum atomic E-state index is -1.01. The first-order chi connectivity index (χ1) is 10.1. The normalized spacial score (nSPS) is 16.6. The zero-order valence-corrected chi connectivity index (χ0v) is 11.5. The minimum Gasteiger partial charge on any atom is -0.480 e. The van der Waals surface area contributed by atoms with E-state index >= 15 is 0 Å². The first kappa shape index (κ1) is 13.3. The van der Waals surface area contributed by atoms with Gasteiger partial charge in [0.25, 0.3) is 5.91 Å². The molecule has 0 fully saturated rings. The largest absolute Gasteiger partial charge is 0.480 e. The molecule has 106 valence electrons. The van der Waals surface area contributed by atoms with Crippen LogP contribution in [0.5, 0.6) is 0 Å². The van der Waals surface area contributed by atoms with Gasteiger partial charge in [-0.05, 0) is 30.7 Å². The number of fused-ring (bicyclic) bond motifs is 1. The van der Waals surface area contributed by atoms with Crippen molar-refractivity contribution in [3.63, 3.8) is 0 Å². The summed E-state index contributed by atoms with van der Waals surface area (Å²) in [7, 11) is 0. The number of aryl methyl sites for hydroxylation is 1. The Morgan fingerprint density at radius 1 is 1.19 bits per heavy atom. The van der Waals surface area contributed by atoms with Gasteiger partial charge in [0.2, 0.25) is 0 Å². The lowest BCUT2D eigenvalue weighted by molar-refractivity contribution is -0.138. The molecule has 1 aromatic carbocycles. The van der Waals surface area contributed by atoms with E-state index in [1.807, 2.05) is 12.1 Å². The van der Waals surface area contributed by atoms with Gasteiger partial charge in [0, 0.05) is 17.8 Å². The fraction of sp³-hybridized carbons (Fsp3) is 0.188. The van der Waals surface area contributed by atoms with Gasteiger partial charge < -0.3 is 5.11 Å². The highest BCUT2D eigenvalue weighted by atomic mass is 16.4. The summed E-state index contributed by atoms with van der Waals surface area (Å²) >= 11 is 0. The van der Waals surface area contributed by atoms with E-state index in [9.17, 15) is 14.7 Å². The van der Waals surface area contributed by atoms with Crippen LogP contribution in [0.1, 0.15) is 21.7 Å². The molecule has 0 radical (unpaired) electrons. The number of aliphatic carboxylic acids is 1. The lowest BCUT2D eigenvalue weighted by Crippen LogP contribution is -2.43. The van der Waals surface area contributed by atoms with Crippen molar-refractivity contribution in [2.24, 2.45) is 0 Å². The second kappa shape index (κ2) is 5.01. The van der Waals surface area contributed by atoms with Gasteiger partial charge in [0.1, 0.15) is 11.7 Å². The van der Waals surface area contributed by atoms with E-state index in [-0.39, 0.29) is 11.6 Å². The molecule has 0 saturated heterocycles. The first-order valence-electron chi connectivity index (χ1n) is 6.66. The number of anilines is 1. The average Bonchev–Trinajstić information content (AvgIpc) is 2.86. The van der Waals surface area contributed by atoms with Crippen LogP contribution in [0.25, 0.3) is 0 Å². The second-order valence-corrected chi connectivity index (χ2v) is 5.03. The third kappa shape index (κ3) is 2.27. The number of carbonyl (C=O) groups excluding carboxylic acids is 1. The zero-order valence-electron chi connectivity index (χ0n) is 11.5. The molecule has 1 aromatic heterocycles. The number of hydrogen-bond acceptors (Lipinski definition) is 3. The number of carboxylic acid groups (broad SMARTS) is 1. The van der Waals surface area contributed by atoms with Crippen molar-refractivity contribution in [1.82, 2.24) is 4.98 Å². The minimum absolute atomic E-state index is 0.262. The quantitative estimate of drug-likeness (QED) is 0.915. The predicted molar refractivity (Wildman–Crippen MR) is 77.4 cm³/mol. The van der Waals surface area contributed by atoms with E-state index in [2.05, 4.69) is 4.98 Å². The van der Waals surface area contributed by atoms with Crippen LogP contribution < -0.4 is 4.90 Å². The number of para-hydroxylation sites is 1. The highest BCUT2D eigenvalue weighted by Crippen LogP contribution is 2.33. The molecule has 1 N–H and O–H groups in total. The molecule has 0 saturated carbocycles. The summed E-state index contributed by atoms with van der Waals surface area (Å²) in [6.45, 7) is 1.80. The summed E-state index contributed by atoms with van der Waals surface area (Å²) in [5.41, 5.74) is 2.50. The smallest absolute Gasteiger partial charge is 0.327 e. The van der Waals surface area contributed by atoms with Crippen LogP contribution in [0.15, 0.2) is 42.5 Å². The number of carbonyl (C=O) groups is 2. The summed E-state index contributed by atoms with van der Waals surface area (Å²) in [6.07, 6.45) is 0.322. The van der Waals surface area contributed by atoms with Gasteiger partial charge in [-0.25, -0.2) is 9.78 Å². The highest BCUT2D eigenvalue weighted by Gasteiger charge is 2.38. The topological polar surface area (TPSA) is 70.5 Å². The van der Waals surface area contributed by atoms with Gasteiger partial charge in [-0.15, -0.1) is 0 Å². The zero-order chi connectivity index (χ0) is 15.0. The van der Waals surface area contributed by atoms with E-state index in [0.717, 1.165) is 11.3 Å². The first-order valence-corrected chi connectivity index (χ1v) is 6.66. The fourth-order valence-electron chi connectivity index (χ4n) is 2.62. The van der Waals surface area contributed by atoms with Gasteiger partial charge >= 0.3 is 5.97 Å². The third-order valence-corrected chi connectivity index (χ3v) is 3.59. The number of hydrogen-bond donors (Lipinski definition) is 1. The predicted octanol–water partition coefficient (Wildman–Crippen LogP) is 2.05. The van der Waals surface area contributed by atoms with Crippen LogP contribution in [0.4, 0.5) is 5.69 Å². The Bertz CT molecular complexity index is 727. The van der Waals surface area contributed by atoms with Crippen LogP contribution in [0.2, 0.25) is 0 Å². The molecule has 0 aliphatic carbocycles. The number of aromatic nitrogens is 1. The van der Waals surface area contributed by atoms with Crippen LogP contribution in [0, 0.1) is 6.92 Å². The summed E-state index contributed by atoms with van der Waals surface area (Å²) < 4.78 is 0. The molecule has 0 spiro atoms. The van der Waals surface area contributed by atoms with E-state index < -0.39 is 12.0 Å². The van der Waals surface area contributed by atoms with E-state index in [0.29, 0.717) is 12.1 Å². The Morgan fingerprint density at radius 2 is 1.95 bits per heavy atom. The number of pyridine rings is 1. The molecule has 5 heteroatoms. The molecule has 0 bridgehead atoms. The Kier molecular flexibility index (Phi) is 3.17. The van der Waals surface area contributed by atoms with Crippen molar-refractivity contribution in [3.05, 3.63) is 59.4 Å². The van der Waals surface area contributed by atoms with Gasteiger partial charge in [-0.2, -0.15) is 0 Å². The Hall–Kier alpha value is -2.69. The van der Waals surface area contributed by atoms with Crippen molar-refractivity contribution in [3.8, 4) is 0 Å². The maximum atomic E-state index is 12.7. The van der Waals surface area contributed by atoms with E-state index in [1.54, 1.807) is 37.3 Å². The summed E-state index contributed by atoms with van der Waals surface area (Å²) in [4.78, 5) is 29.7. The molecule has 2 heterocycles. The van der Waals surface area contributed by atoms with E-state index in [4.69, 9.17) is 0 Å². The molecule has 5 nitrogen and oxygen atoms in total. The maximum Gasteiger partial charge on any atom is 0.327 e. The molecule has 1 aliphatic rings.